The van der Waals surface area contributed by atoms with Gasteiger partial charge in [0.25, 0.3) is 0 Å². The molecular weight excluding hydrogens is 445 g/mol. The second-order valence-corrected chi connectivity index (χ2v) is 15.9. The van der Waals surface area contributed by atoms with Crippen LogP contribution >= 0.6 is 0 Å². The van der Waals surface area contributed by atoms with Crippen LogP contribution in [0.5, 0.6) is 0 Å². The van der Waals surface area contributed by atoms with Crippen molar-refractivity contribution >= 4 is 20.2 Å². The molecule has 0 bridgehead atoms. The van der Waals surface area contributed by atoms with Gasteiger partial charge < -0.3 is 12.4 Å². The maximum absolute atomic E-state index is 2.61. The average Bonchev–Trinajstić information content (AvgIpc) is 2.63. The molecule has 0 aliphatic carbocycles. The zero-order valence-electron chi connectivity index (χ0n) is 17.6. The molecule has 0 aliphatic rings. The molecule has 0 fully saturated rings. The molecule has 1 atom stereocenters. The van der Waals surface area contributed by atoms with E-state index < -0.39 is 20.2 Å². The second-order valence-electron chi connectivity index (χ2n) is 7.97. The number of halogens is 1. The van der Waals surface area contributed by atoms with E-state index in [0.29, 0.717) is 0 Å². The minimum Gasteiger partial charge on any atom is -1.00 e. The summed E-state index contributed by atoms with van der Waals surface area (Å²) in [6.07, 6.45) is 20.6. The Hall–Kier alpha value is 0.328. The standard InChI is InChI=1S/C16H33.C7H7.CH3.ClH.Sb.H/c1-3-5-7-9-11-13-15-16-14-12-10-8-6-4-2;1-7-5-3-2-4-6-7;;;;/h1,3-16H2,2H3;2-6H,1H2;1H3;1H;;/q;;;;+1;/p-1. The minimum atomic E-state index is -1.08. The van der Waals surface area contributed by atoms with Crippen LogP contribution in [0.1, 0.15) is 102 Å². The zero-order valence-corrected chi connectivity index (χ0v) is 21.2. The van der Waals surface area contributed by atoms with E-state index in [-0.39, 0.29) is 12.4 Å². The van der Waals surface area contributed by atoms with Gasteiger partial charge in [-0.05, 0) is 0 Å². The molecule has 1 unspecified atom stereocenters. The molecule has 0 spiro atoms. The first-order valence-electron chi connectivity index (χ1n) is 11.2. The van der Waals surface area contributed by atoms with Gasteiger partial charge in [-0.3, -0.25) is 0 Å². The van der Waals surface area contributed by atoms with E-state index >= 15 is 0 Å². The number of benzene rings is 1. The Morgan fingerprint density at radius 2 is 1.04 bits per heavy atom. The van der Waals surface area contributed by atoms with Crippen molar-refractivity contribution in [2.24, 2.45) is 0 Å². The Morgan fingerprint density at radius 3 is 1.50 bits per heavy atom. The van der Waals surface area contributed by atoms with Crippen LogP contribution in [0.2, 0.25) is 9.24 Å². The predicted octanol–water partition coefficient (Wildman–Crippen LogP) is 5.11. The topological polar surface area (TPSA) is 0 Å². The molecule has 0 radical (unpaired) electrons. The SMILES string of the molecule is CCCCCCCCCCCCCCC[CH2][SbH+]([CH3])[CH2]c1ccccc1.[Cl-]. The number of hydrogen-bond acceptors (Lipinski definition) is 0. The Balaban J connectivity index is 0.00000625. The van der Waals surface area contributed by atoms with Crippen molar-refractivity contribution < 1.29 is 12.4 Å². The molecule has 0 saturated heterocycles. The third-order valence-electron chi connectivity index (χ3n) is 5.31. The molecule has 0 aliphatic heterocycles. The fraction of sp³-hybridized carbons (Fsp3) is 0.750. The average molecular weight is 490 g/mol. The summed E-state index contributed by atoms with van der Waals surface area (Å²) < 4.78 is 3.04. The largest absolute Gasteiger partial charge is 1.00 e. The summed E-state index contributed by atoms with van der Waals surface area (Å²) in [6, 6.07) is 11.1. The van der Waals surface area contributed by atoms with Crippen LogP contribution in [-0.4, -0.2) is 20.2 Å². The second kappa shape index (κ2) is 20.1. The monoisotopic (exact) mass is 488 g/mol. The maximum Gasteiger partial charge on any atom is -1.00 e. The normalized spacial score (nSPS) is 11.9. The van der Waals surface area contributed by atoms with Gasteiger partial charge in [0.2, 0.25) is 0 Å². The van der Waals surface area contributed by atoms with Crippen LogP contribution in [0, 0.1) is 0 Å². The van der Waals surface area contributed by atoms with E-state index in [1.54, 1.807) is 9.93 Å². The molecule has 0 heterocycles. The van der Waals surface area contributed by atoms with E-state index in [1.807, 2.05) is 0 Å². The van der Waals surface area contributed by atoms with Gasteiger partial charge in [0.15, 0.2) is 0 Å². The van der Waals surface area contributed by atoms with Crippen molar-refractivity contribution in [1.82, 2.24) is 0 Å². The summed E-state index contributed by atoms with van der Waals surface area (Å²) in [4.78, 5) is 2.61. The van der Waals surface area contributed by atoms with Crippen LogP contribution in [0.3, 0.4) is 0 Å². The number of hydrogen-bond donors (Lipinski definition) is 0. The molecule has 0 saturated carbocycles. The summed E-state index contributed by atoms with van der Waals surface area (Å²) in [5, 5.41) is 0. The number of rotatable bonds is 17. The first-order chi connectivity index (χ1) is 12.3. The quantitative estimate of drug-likeness (QED) is 0.211. The fourth-order valence-corrected chi connectivity index (χ4v) is 9.26. The van der Waals surface area contributed by atoms with Gasteiger partial charge in [-0.25, -0.2) is 0 Å². The summed E-state index contributed by atoms with van der Waals surface area (Å²) in [5.74, 6) is 0. The molecule has 0 nitrogen and oxygen atoms in total. The molecule has 0 amide bonds. The molecule has 26 heavy (non-hydrogen) atoms. The molecular formula is C24H44ClSb. The van der Waals surface area contributed by atoms with Gasteiger partial charge in [-0.1, -0.05) is 26.2 Å². The molecule has 0 N–H and O–H groups in total. The van der Waals surface area contributed by atoms with Gasteiger partial charge in [-0.2, -0.15) is 0 Å². The van der Waals surface area contributed by atoms with Crippen LogP contribution in [0.4, 0.5) is 0 Å². The Bertz CT molecular complexity index is 379. The van der Waals surface area contributed by atoms with E-state index in [2.05, 4.69) is 42.1 Å². The predicted molar refractivity (Wildman–Crippen MR) is 118 cm³/mol. The summed E-state index contributed by atoms with van der Waals surface area (Å²) in [5.41, 5.74) is 1.59. The third-order valence-corrected chi connectivity index (χ3v) is 11.6. The van der Waals surface area contributed by atoms with Gasteiger partial charge >= 0.3 is 140 Å². The van der Waals surface area contributed by atoms with Crippen LogP contribution in [0.15, 0.2) is 30.3 Å². The molecule has 152 valence electrons. The first-order valence-corrected chi connectivity index (χ1v) is 18.1. The molecule has 2 heteroatoms. The Morgan fingerprint density at radius 1 is 0.615 bits per heavy atom. The fourth-order valence-electron chi connectivity index (χ4n) is 3.65. The van der Waals surface area contributed by atoms with Crippen molar-refractivity contribution in [2.75, 3.05) is 0 Å². The summed E-state index contributed by atoms with van der Waals surface area (Å²) >= 11 is -1.08. The van der Waals surface area contributed by atoms with Crippen molar-refractivity contribution in [3.63, 3.8) is 0 Å². The summed E-state index contributed by atoms with van der Waals surface area (Å²) in [6.45, 7) is 2.30. The van der Waals surface area contributed by atoms with Crippen molar-refractivity contribution in [3.8, 4) is 0 Å². The number of unbranched alkanes of at least 4 members (excludes halogenated alkanes) is 13. The minimum absolute atomic E-state index is 0. The molecule has 1 aromatic rings. The van der Waals surface area contributed by atoms with E-state index in [0.717, 1.165) is 0 Å². The smallest absolute Gasteiger partial charge is 1.00 e. The third kappa shape index (κ3) is 16.5. The van der Waals surface area contributed by atoms with Gasteiger partial charge in [0.05, 0.1) is 0 Å². The van der Waals surface area contributed by atoms with Crippen LogP contribution in [0.25, 0.3) is 0 Å². The summed E-state index contributed by atoms with van der Waals surface area (Å²) in [7, 11) is 0. The Labute approximate surface area is 178 Å². The molecule has 1 rings (SSSR count). The van der Waals surface area contributed by atoms with Crippen molar-refractivity contribution in [3.05, 3.63) is 35.9 Å². The molecule has 1 aromatic carbocycles. The van der Waals surface area contributed by atoms with Gasteiger partial charge in [-0.15, -0.1) is 0 Å². The van der Waals surface area contributed by atoms with Crippen molar-refractivity contribution in [2.45, 2.75) is 110 Å². The van der Waals surface area contributed by atoms with Gasteiger partial charge in [0, 0.05) is 0 Å². The van der Waals surface area contributed by atoms with Crippen LogP contribution < -0.4 is 12.4 Å². The molecule has 0 aromatic heterocycles. The Kier molecular flexibility index (Phi) is 20.3. The first kappa shape index (κ1) is 26.3. The van der Waals surface area contributed by atoms with E-state index in [1.165, 1.54) is 94.3 Å². The maximum atomic E-state index is 2.61. The van der Waals surface area contributed by atoms with E-state index in [4.69, 9.17) is 0 Å². The van der Waals surface area contributed by atoms with Crippen molar-refractivity contribution in [1.29, 1.82) is 0 Å². The van der Waals surface area contributed by atoms with Crippen LogP contribution in [-0.2, 0) is 4.37 Å². The van der Waals surface area contributed by atoms with Gasteiger partial charge in [0.1, 0.15) is 0 Å². The van der Waals surface area contributed by atoms with E-state index in [9.17, 15) is 0 Å². The zero-order chi connectivity index (χ0) is 18.0.